The number of H-pyrrole nitrogens is 3. The summed E-state index contributed by atoms with van der Waals surface area (Å²) < 4.78 is 77.2. The number of fused-ring (bicyclic) bond motifs is 3. The fourth-order valence-corrected chi connectivity index (χ4v) is 13.0. The normalized spacial score (nSPS) is 22.7. The van der Waals surface area contributed by atoms with E-state index in [0.29, 0.717) is 39.6 Å². The number of aromatic nitrogens is 12. The van der Waals surface area contributed by atoms with Crippen LogP contribution < -0.4 is 32.6 Å². The van der Waals surface area contributed by atoms with Gasteiger partial charge in [0.05, 0.1) is 96.1 Å². The molecule has 6 aromatic heterocycles. The molecule has 3 aliphatic heterocycles. The SMILES string of the molecule is COCCO[C@@H]1[C@H](C)[C@@H](CO)O[C@H]1n1cnc2c(=O)[nH]c(NC(=O)C(C)C)nc21.COCCO[C@@H]1[C@H](C)[C@@H](COC(=O)C(C)C)O[C@H]1n1cnc2c(=O)[nH]c(NC(=O)C(C)C)nc21.[C-]#[N+]CCOP(OC[C@H]1O[C@@H](n2cnc3c(=O)[nH]c(NC(=O)C(C)C)nc32)[C@H](OCCOC)[C@@H]1C)N(C(C)C)C(C)C. The Morgan fingerprint density at radius 2 is 0.876 bits per heavy atom. The van der Waals surface area contributed by atoms with E-state index < -0.39 is 80.5 Å². The van der Waals surface area contributed by atoms with E-state index in [1.165, 1.54) is 19.0 Å². The Hall–Kier alpha value is -7.67. The minimum atomic E-state index is -1.46. The molecule has 1 unspecified atom stereocenters. The molecule has 9 rings (SSSR count). The number of ether oxygens (including phenoxy) is 10. The van der Waals surface area contributed by atoms with Crippen molar-refractivity contribution in [1.29, 1.82) is 0 Å². The van der Waals surface area contributed by atoms with Gasteiger partial charge in [-0.05, 0) is 27.7 Å². The van der Waals surface area contributed by atoms with Crippen molar-refractivity contribution < 1.29 is 80.7 Å². The van der Waals surface area contributed by atoms with Gasteiger partial charge in [-0.25, -0.2) is 26.2 Å². The Labute approximate surface area is 609 Å². The fourth-order valence-electron chi connectivity index (χ4n) is 11.4. The van der Waals surface area contributed by atoms with Crippen LogP contribution in [0.1, 0.15) is 123 Å². The van der Waals surface area contributed by atoms with Gasteiger partial charge >= 0.3 is 5.97 Å². The van der Waals surface area contributed by atoms with Gasteiger partial charge in [-0.15, -0.1) is 0 Å². The van der Waals surface area contributed by atoms with Crippen LogP contribution in [0.4, 0.5) is 17.8 Å². The lowest BCUT2D eigenvalue weighted by molar-refractivity contribution is -0.153. The molecule has 0 bridgehead atoms. The van der Waals surface area contributed by atoms with Crippen LogP contribution in [0.25, 0.3) is 38.3 Å². The summed E-state index contributed by atoms with van der Waals surface area (Å²) in [6, 6.07) is 0.325. The Bertz CT molecular complexity index is 4030. The standard InChI is InChI=1S/C27H44N7O7P.C22H33N5O7.C18H27N5O6/c1-16(2)24(35)31-27-30-23-21(25(36)32-27)29-15-33(23)26-22(38-13-12-37-9)19(7)20(41-26)14-40-42(39-11-10-28-8)34(17(3)4)18(5)6;1-11(2)18(28)25-22-24-17-15(19(29)26-22)23-10-27(17)20-16(32-8-7-31-6)13(5)14(34-20)9-33-21(30)12(3)4;1-9(2)15(25)21-18-20-14-12(16(26)22-18)19-8-23(14)17-13(28-6-5-27-4)10(3)11(7-24)29-17/h15-20,22,26H,10-14H2,1-7,9H3,(H2,30,31,32,35,36);10-14,16,20H,7-9H2,1-6H3,(H2,24,25,26,28,29);8-11,13,17,24H,5-7H2,1-4H3,(H2,20,21,22,25,26)/t19-,20-,22-,26-,42?;13-,14-,16-,20-;10-,11-,13-,17-/m111/s1. The van der Waals surface area contributed by atoms with Crippen molar-refractivity contribution in [3.63, 3.8) is 0 Å². The molecule has 3 amide bonds. The first-order valence-corrected chi connectivity index (χ1v) is 36.2. The summed E-state index contributed by atoms with van der Waals surface area (Å²) in [5.74, 6) is -2.59. The molecule has 0 radical (unpaired) electrons. The third-order valence-corrected chi connectivity index (χ3v) is 19.4. The molecule has 38 heteroatoms. The number of rotatable bonds is 34. The van der Waals surface area contributed by atoms with Crippen molar-refractivity contribution in [3.05, 3.63) is 61.5 Å². The molecular formula is C67H104N17O20P. The van der Waals surface area contributed by atoms with Crippen LogP contribution in [-0.4, -0.2) is 235 Å². The van der Waals surface area contributed by atoms with Crippen LogP contribution >= 0.6 is 8.53 Å². The molecule has 3 aliphatic rings. The molecule has 0 spiro atoms. The molecule has 0 aliphatic carbocycles. The van der Waals surface area contributed by atoms with Crippen molar-refractivity contribution in [3.8, 4) is 0 Å². The number of hydrogen-bond acceptors (Lipinski definition) is 27. The number of aromatic amines is 3. The van der Waals surface area contributed by atoms with Gasteiger partial charge in [-0.3, -0.25) is 78.2 Å². The number of esters is 1. The maximum absolute atomic E-state index is 12.8. The van der Waals surface area contributed by atoms with Gasteiger partial charge < -0.3 is 66.4 Å². The average molecular weight is 1500 g/mol. The van der Waals surface area contributed by atoms with Crippen molar-refractivity contribution >= 4 is 83.6 Å². The lowest BCUT2D eigenvalue weighted by Gasteiger charge is -2.36. The van der Waals surface area contributed by atoms with Crippen LogP contribution in [0.3, 0.4) is 0 Å². The zero-order valence-corrected chi connectivity index (χ0v) is 63.9. The Morgan fingerprint density at radius 3 is 1.19 bits per heavy atom. The highest BCUT2D eigenvalue weighted by molar-refractivity contribution is 7.44. The first-order valence-electron chi connectivity index (χ1n) is 35.1. The van der Waals surface area contributed by atoms with Crippen LogP contribution in [0.15, 0.2) is 33.4 Å². The zero-order valence-electron chi connectivity index (χ0n) is 63.0. The van der Waals surface area contributed by atoms with Crippen LogP contribution in [-0.2, 0) is 75.6 Å². The second-order valence-electron chi connectivity index (χ2n) is 27.2. The van der Waals surface area contributed by atoms with Gasteiger partial charge in [0, 0.05) is 68.9 Å². The van der Waals surface area contributed by atoms with Gasteiger partial charge in [-0.1, -0.05) is 76.2 Å². The van der Waals surface area contributed by atoms with Gasteiger partial charge in [0.1, 0.15) is 31.5 Å². The second kappa shape index (κ2) is 39.8. The van der Waals surface area contributed by atoms with Crippen LogP contribution in [0.5, 0.6) is 0 Å². The highest BCUT2D eigenvalue weighted by Gasteiger charge is 2.48. The van der Waals surface area contributed by atoms with Gasteiger partial charge in [-0.2, -0.15) is 15.0 Å². The lowest BCUT2D eigenvalue weighted by atomic mass is 10.0. The topological polar surface area (TPSA) is 434 Å². The predicted molar refractivity (Wildman–Crippen MR) is 384 cm³/mol. The summed E-state index contributed by atoms with van der Waals surface area (Å²) in [7, 11) is 3.31. The molecule has 6 aromatic rings. The Balaban J connectivity index is 0.000000224. The van der Waals surface area contributed by atoms with E-state index in [1.54, 1.807) is 90.4 Å². The van der Waals surface area contributed by atoms with Crippen molar-refractivity contribution in [2.75, 3.05) is 110 Å². The molecular weight excluding hydrogens is 1390 g/mol. The van der Waals surface area contributed by atoms with Crippen molar-refractivity contribution in [2.24, 2.45) is 41.4 Å². The molecule has 3 saturated heterocycles. The van der Waals surface area contributed by atoms with Gasteiger partial charge in [0.15, 0.2) is 52.2 Å². The predicted octanol–water partition coefficient (Wildman–Crippen LogP) is 5.33. The van der Waals surface area contributed by atoms with E-state index >= 15 is 0 Å². The van der Waals surface area contributed by atoms with E-state index in [9.17, 15) is 38.7 Å². The summed E-state index contributed by atoms with van der Waals surface area (Å²) in [4.78, 5) is 123. The van der Waals surface area contributed by atoms with E-state index in [1.807, 2.05) is 20.8 Å². The molecule has 13 atom stereocenters. The number of aliphatic hydroxyl groups is 1. The number of nitrogens with zero attached hydrogens (tertiary/aromatic N) is 11. The highest BCUT2D eigenvalue weighted by atomic mass is 31.2. The van der Waals surface area contributed by atoms with Crippen molar-refractivity contribution in [2.45, 2.75) is 171 Å². The number of anilines is 3. The zero-order chi connectivity index (χ0) is 77.1. The smallest absolute Gasteiger partial charge is 0.308 e. The summed E-state index contributed by atoms with van der Waals surface area (Å²) >= 11 is 0. The summed E-state index contributed by atoms with van der Waals surface area (Å²) in [6.07, 6.45) is -0.203. The van der Waals surface area contributed by atoms with Gasteiger partial charge in [0.25, 0.3) is 25.2 Å². The third kappa shape index (κ3) is 21.6. The number of carbonyl (C=O) groups is 4. The van der Waals surface area contributed by atoms with Gasteiger partial charge in [0.2, 0.25) is 42.1 Å². The van der Waals surface area contributed by atoms with E-state index in [-0.39, 0.29) is 162 Å². The summed E-state index contributed by atoms with van der Waals surface area (Å²) in [5.41, 5.74) is -0.370. The van der Waals surface area contributed by atoms with E-state index in [4.69, 9.17) is 63.0 Å². The maximum Gasteiger partial charge on any atom is 0.308 e. The summed E-state index contributed by atoms with van der Waals surface area (Å²) in [6.45, 7) is 38.1. The second-order valence-corrected chi connectivity index (χ2v) is 28.6. The summed E-state index contributed by atoms with van der Waals surface area (Å²) in [5, 5.41) is 17.5. The number of hydrogen-bond donors (Lipinski definition) is 7. The Kier molecular flexibility index (Phi) is 32.1. The molecule has 9 heterocycles. The number of nitrogens with one attached hydrogen (secondary N) is 6. The molecule has 37 nitrogen and oxygen atoms in total. The minimum Gasteiger partial charge on any atom is -0.463 e. The number of carbonyl (C=O) groups excluding carboxylic acids is 4. The lowest BCUT2D eigenvalue weighted by Crippen LogP contribution is -2.35. The number of imidazole rings is 3. The molecule has 7 N–H and O–H groups in total. The molecule has 582 valence electrons. The monoisotopic (exact) mass is 1500 g/mol. The fraction of sp³-hybridized carbons (Fsp3) is 0.701. The number of aliphatic hydroxyl groups excluding tert-OH is 1. The molecule has 105 heavy (non-hydrogen) atoms. The number of amides is 3. The molecule has 0 aromatic carbocycles. The van der Waals surface area contributed by atoms with E-state index in [2.05, 4.69) is 98.0 Å². The van der Waals surface area contributed by atoms with Crippen LogP contribution in [0.2, 0.25) is 0 Å². The average Bonchev–Trinajstić information content (AvgIpc) is 1.63. The highest BCUT2D eigenvalue weighted by Crippen LogP contribution is 2.48. The molecule has 0 saturated carbocycles. The largest absolute Gasteiger partial charge is 0.463 e. The number of methoxy groups -OCH3 is 3. The Morgan fingerprint density at radius 1 is 0.533 bits per heavy atom. The quantitative estimate of drug-likeness (QED) is 0.0116. The minimum absolute atomic E-state index is 0.0169. The first kappa shape index (κ1) is 84.6. The van der Waals surface area contributed by atoms with E-state index in [0.717, 1.165) is 0 Å². The first-order chi connectivity index (χ1) is 50.0. The van der Waals surface area contributed by atoms with Crippen molar-refractivity contribution in [1.82, 2.24) is 63.2 Å². The third-order valence-electron chi connectivity index (χ3n) is 17.4. The molecule has 3 fully saturated rings. The maximum atomic E-state index is 12.8. The van der Waals surface area contributed by atoms with Crippen LogP contribution in [0, 0.1) is 48.0 Å².